The van der Waals surface area contributed by atoms with Gasteiger partial charge in [-0.25, -0.2) is 4.39 Å². The van der Waals surface area contributed by atoms with Crippen LogP contribution in [0, 0.1) is 5.82 Å². The highest BCUT2D eigenvalue weighted by Gasteiger charge is 2.13. The minimum Gasteiger partial charge on any atom is -0.351 e. The Hall–Kier alpha value is -1.03. The molecule has 0 aliphatic heterocycles. The summed E-state index contributed by atoms with van der Waals surface area (Å²) in [6.07, 6.45) is 6.70. The third kappa shape index (κ3) is 4.86. The van der Waals surface area contributed by atoms with Crippen molar-refractivity contribution in [3.8, 4) is 0 Å². The largest absolute Gasteiger partial charge is 0.351 e. The highest BCUT2D eigenvalue weighted by Crippen LogP contribution is 2.27. The zero-order valence-electron chi connectivity index (χ0n) is 11.0. The molecule has 1 amide bonds. The number of halogens is 1. The van der Waals surface area contributed by atoms with Gasteiger partial charge < -0.3 is 5.32 Å². The fourth-order valence-electron chi connectivity index (χ4n) is 2.33. The van der Waals surface area contributed by atoms with E-state index < -0.39 is 0 Å². The smallest absolute Gasteiger partial charge is 0.251 e. The Morgan fingerprint density at radius 3 is 2.58 bits per heavy atom. The number of hydrogen-bond donors (Lipinski definition) is 1. The molecular weight excluding hydrogens is 261 g/mol. The van der Waals surface area contributed by atoms with E-state index in [2.05, 4.69) is 5.32 Å². The maximum absolute atomic E-state index is 12.7. The summed E-state index contributed by atoms with van der Waals surface area (Å²) in [4.78, 5) is 11.8. The molecule has 0 unspecified atom stereocenters. The summed E-state index contributed by atoms with van der Waals surface area (Å²) < 4.78 is 12.7. The summed E-state index contributed by atoms with van der Waals surface area (Å²) in [5, 5.41) is 3.65. The second kappa shape index (κ2) is 7.53. The number of benzene rings is 1. The second-order valence-corrected chi connectivity index (χ2v) is 6.30. The van der Waals surface area contributed by atoms with Crippen molar-refractivity contribution in [1.82, 2.24) is 5.32 Å². The Labute approximate surface area is 118 Å². The lowest BCUT2D eigenvalue weighted by Gasteiger charge is -2.20. The van der Waals surface area contributed by atoms with Crippen LogP contribution in [0.4, 0.5) is 4.39 Å². The van der Waals surface area contributed by atoms with Gasteiger partial charge >= 0.3 is 0 Å². The summed E-state index contributed by atoms with van der Waals surface area (Å²) in [6.45, 7) is 0.678. The molecule has 1 aromatic rings. The molecule has 1 aliphatic rings. The molecule has 1 saturated carbocycles. The standard InChI is InChI=1S/C15H20FNOS/c16-13-8-6-12(7-9-13)15(18)17-10-11-19-14-4-2-1-3-5-14/h6-9,14H,1-5,10-11H2,(H,17,18). The predicted molar refractivity (Wildman–Crippen MR) is 78.1 cm³/mol. The molecule has 0 aromatic heterocycles. The average Bonchev–Trinajstić information content (AvgIpc) is 2.45. The summed E-state index contributed by atoms with van der Waals surface area (Å²) >= 11 is 1.96. The van der Waals surface area contributed by atoms with E-state index in [0.29, 0.717) is 12.1 Å². The van der Waals surface area contributed by atoms with E-state index in [4.69, 9.17) is 0 Å². The van der Waals surface area contributed by atoms with Crippen LogP contribution in [0.25, 0.3) is 0 Å². The highest BCUT2D eigenvalue weighted by atomic mass is 32.2. The van der Waals surface area contributed by atoms with Gasteiger partial charge in [-0.1, -0.05) is 19.3 Å². The van der Waals surface area contributed by atoms with Gasteiger partial charge in [0.2, 0.25) is 0 Å². The fourth-order valence-corrected chi connectivity index (χ4v) is 3.55. The number of thioether (sulfide) groups is 1. The summed E-state index contributed by atoms with van der Waals surface area (Å²) in [5.74, 6) is 0.520. The van der Waals surface area contributed by atoms with Crippen molar-refractivity contribution >= 4 is 17.7 Å². The van der Waals surface area contributed by atoms with Crippen molar-refractivity contribution in [3.05, 3.63) is 35.6 Å². The number of hydrogen-bond acceptors (Lipinski definition) is 2. The number of amides is 1. The van der Waals surface area contributed by atoms with Gasteiger partial charge in [-0.3, -0.25) is 4.79 Å². The fraction of sp³-hybridized carbons (Fsp3) is 0.533. The SMILES string of the molecule is O=C(NCCSC1CCCCC1)c1ccc(F)cc1. The van der Waals surface area contributed by atoms with Gasteiger partial charge in [0.15, 0.2) is 0 Å². The summed E-state index contributed by atoms with van der Waals surface area (Å²) in [5.41, 5.74) is 0.518. The van der Waals surface area contributed by atoms with Gasteiger partial charge in [-0.15, -0.1) is 0 Å². The molecule has 1 fully saturated rings. The first kappa shape index (κ1) is 14.4. The molecule has 2 rings (SSSR count). The lowest BCUT2D eigenvalue weighted by molar-refractivity contribution is 0.0956. The van der Waals surface area contributed by atoms with E-state index >= 15 is 0 Å². The molecule has 0 atom stereocenters. The average molecular weight is 281 g/mol. The minimum absolute atomic E-state index is 0.121. The maximum atomic E-state index is 12.7. The van der Waals surface area contributed by atoms with E-state index in [9.17, 15) is 9.18 Å². The second-order valence-electron chi connectivity index (χ2n) is 4.89. The summed E-state index contributed by atoms with van der Waals surface area (Å²) in [7, 11) is 0. The molecule has 0 heterocycles. The Morgan fingerprint density at radius 1 is 1.21 bits per heavy atom. The maximum Gasteiger partial charge on any atom is 0.251 e. The number of nitrogens with one attached hydrogen (secondary N) is 1. The topological polar surface area (TPSA) is 29.1 Å². The molecule has 104 valence electrons. The van der Waals surface area contributed by atoms with Gasteiger partial charge in [0.25, 0.3) is 5.91 Å². The van der Waals surface area contributed by atoms with Gasteiger partial charge in [-0.05, 0) is 37.1 Å². The molecule has 1 aromatic carbocycles. The molecule has 1 aliphatic carbocycles. The first-order valence-electron chi connectivity index (χ1n) is 6.91. The Bertz CT molecular complexity index is 401. The Kier molecular flexibility index (Phi) is 5.70. The monoisotopic (exact) mass is 281 g/mol. The molecule has 2 nitrogen and oxygen atoms in total. The molecule has 1 N–H and O–H groups in total. The van der Waals surface area contributed by atoms with Gasteiger partial charge in [-0.2, -0.15) is 11.8 Å². The normalized spacial score (nSPS) is 16.3. The third-order valence-corrected chi connectivity index (χ3v) is 4.78. The van der Waals surface area contributed by atoms with E-state index in [1.54, 1.807) is 0 Å². The van der Waals surface area contributed by atoms with Crippen LogP contribution in [-0.4, -0.2) is 23.5 Å². The molecule has 0 spiro atoms. The molecule has 19 heavy (non-hydrogen) atoms. The van der Waals surface area contributed by atoms with Crippen LogP contribution in [0.1, 0.15) is 42.5 Å². The molecule has 4 heteroatoms. The van der Waals surface area contributed by atoms with Crippen molar-refractivity contribution in [2.45, 2.75) is 37.4 Å². The Morgan fingerprint density at radius 2 is 1.89 bits per heavy atom. The minimum atomic E-state index is -0.315. The van der Waals surface area contributed by atoms with Crippen molar-refractivity contribution in [3.63, 3.8) is 0 Å². The predicted octanol–water partition coefficient (Wildman–Crippen LogP) is 3.62. The summed E-state index contributed by atoms with van der Waals surface area (Å²) in [6, 6.07) is 5.65. The first-order chi connectivity index (χ1) is 9.25. The van der Waals surface area contributed by atoms with Crippen molar-refractivity contribution < 1.29 is 9.18 Å². The Balaban J connectivity index is 1.64. The lowest BCUT2D eigenvalue weighted by Crippen LogP contribution is -2.26. The third-order valence-electron chi connectivity index (χ3n) is 3.40. The van der Waals surface area contributed by atoms with Crippen LogP contribution >= 0.6 is 11.8 Å². The number of rotatable bonds is 5. The van der Waals surface area contributed by atoms with Crippen LogP contribution in [0.15, 0.2) is 24.3 Å². The van der Waals surface area contributed by atoms with E-state index in [-0.39, 0.29) is 11.7 Å². The van der Waals surface area contributed by atoms with Crippen molar-refractivity contribution in [1.29, 1.82) is 0 Å². The zero-order chi connectivity index (χ0) is 13.5. The van der Waals surface area contributed by atoms with Crippen LogP contribution < -0.4 is 5.32 Å². The zero-order valence-corrected chi connectivity index (χ0v) is 11.8. The van der Waals surface area contributed by atoms with Crippen LogP contribution in [-0.2, 0) is 0 Å². The van der Waals surface area contributed by atoms with Gasteiger partial charge in [0.1, 0.15) is 5.82 Å². The number of carbonyl (C=O) groups excluding carboxylic acids is 1. The highest BCUT2D eigenvalue weighted by molar-refractivity contribution is 7.99. The molecular formula is C15H20FNOS. The van der Waals surface area contributed by atoms with Gasteiger partial charge in [0, 0.05) is 23.1 Å². The van der Waals surface area contributed by atoms with Crippen LogP contribution in [0.5, 0.6) is 0 Å². The van der Waals surface area contributed by atoms with Crippen LogP contribution in [0.3, 0.4) is 0 Å². The van der Waals surface area contributed by atoms with Crippen molar-refractivity contribution in [2.75, 3.05) is 12.3 Å². The first-order valence-corrected chi connectivity index (χ1v) is 7.96. The molecule has 0 bridgehead atoms. The van der Waals surface area contributed by atoms with E-state index in [1.165, 1.54) is 56.4 Å². The number of carbonyl (C=O) groups is 1. The quantitative estimate of drug-likeness (QED) is 0.835. The van der Waals surface area contributed by atoms with Gasteiger partial charge in [0.05, 0.1) is 0 Å². The molecule has 0 saturated heterocycles. The van der Waals surface area contributed by atoms with Crippen LogP contribution in [0.2, 0.25) is 0 Å². The van der Waals surface area contributed by atoms with Crippen molar-refractivity contribution in [2.24, 2.45) is 0 Å². The van der Waals surface area contributed by atoms with E-state index in [1.807, 2.05) is 11.8 Å². The van der Waals surface area contributed by atoms with E-state index in [0.717, 1.165) is 11.0 Å². The lowest BCUT2D eigenvalue weighted by atomic mass is 10.0. The molecule has 0 radical (unpaired) electrons.